The lowest BCUT2D eigenvalue weighted by molar-refractivity contribution is 0.371. The molecule has 2 atom stereocenters. The molecule has 0 N–H and O–H groups in total. The molecule has 0 saturated heterocycles. The SMILES string of the molecule is C=C(C)CC(CC)CC(C)CC. The van der Waals surface area contributed by atoms with Crippen LogP contribution in [0.3, 0.4) is 0 Å². The zero-order valence-electron chi connectivity index (χ0n) is 9.19. The van der Waals surface area contributed by atoms with Crippen molar-refractivity contribution >= 4 is 0 Å². The summed E-state index contributed by atoms with van der Waals surface area (Å²) in [5.41, 5.74) is 1.34. The van der Waals surface area contributed by atoms with Crippen molar-refractivity contribution in [3.63, 3.8) is 0 Å². The topological polar surface area (TPSA) is 0 Å². The Kier molecular flexibility index (Phi) is 6.14. The molecule has 0 radical (unpaired) electrons. The maximum atomic E-state index is 3.98. The van der Waals surface area contributed by atoms with E-state index in [9.17, 15) is 0 Å². The highest BCUT2D eigenvalue weighted by molar-refractivity contribution is 4.90. The second-order valence-corrected chi connectivity index (χ2v) is 4.18. The molecule has 0 saturated carbocycles. The molecule has 0 heterocycles. The number of hydrogen-bond acceptors (Lipinski definition) is 0. The Bertz CT molecular complexity index is 124. The van der Waals surface area contributed by atoms with Crippen LogP contribution >= 0.6 is 0 Å². The summed E-state index contributed by atoms with van der Waals surface area (Å²) >= 11 is 0. The molecule has 0 aromatic carbocycles. The van der Waals surface area contributed by atoms with Crippen LogP contribution in [-0.4, -0.2) is 0 Å². The van der Waals surface area contributed by atoms with Gasteiger partial charge in [0.1, 0.15) is 0 Å². The van der Waals surface area contributed by atoms with Crippen LogP contribution in [0, 0.1) is 11.8 Å². The lowest BCUT2D eigenvalue weighted by Gasteiger charge is -2.18. The summed E-state index contributed by atoms with van der Waals surface area (Å²) in [5.74, 6) is 1.76. The molecular formula is C12H24. The third-order valence-electron chi connectivity index (χ3n) is 2.65. The Hall–Kier alpha value is -0.260. The zero-order chi connectivity index (χ0) is 9.56. The van der Waals surface area contributed by atoms with Crippen LogP contribution in [0.1, 0.15) is 53.4 Å². The largest absolute Gasteiger partial charge is 0.100 e. The van der Waals surface area contributed by atoms with E-state index in [1.54, 1.807) is 0 Å². The van der Waals surface area contributed by atoms with Crippen molar-refractivity contribution in [2.45, 2.75) is 53.4 Å². The van der Waals surface area contributed by atoms with Gasteiger partial charge >= 0.3 is 0 Å². The predicted octanol–water partition coefficient (Wildman–Crippen LogP) is 4.42. The summed E-state index contributed by atoms with van der Waals surface area (Å²) < 4.78 is 0. The summed E-state index contributed by atoms with van der Waals surface area (Å²) in [6.07, 6.45) is 5.21. The monoisotopic (exact) mass is 168 g/mol. The maximum Gasteiger partial charge on any atom is -0.0297 e. The highest BCUT2D eigenvalue weighted by Crippen LogP contribution is 2.23. The van der Waals surface area contributed by atoms with Gasteiger partial charge in [0, 0.05) is 0 Å². The van der Waals surface area contributed by atoms with Gasteiger partial charge in [-0.25, -0.2) is 0 Å². The first-order valence-electron chi connectivity index (χ1n) is 5.24. The average molecular weight is 168 g/mol. The third kappa shape index (κ3) is 5.40. The van der Waals surface area contributed by atoms with E-state index in [4.69, 9.17) is 0 Å². The first-order valence-corrected chi connectivity index (χ1v) is 5.24. The lowest BCUT2D eigenvalue weighted by atomic mass is 9.88. The van der Waals surface area contributed by atoms with E-state index in [-0.39, 0.29) is 0 Å². The Labute approximate surface area is 78.1 Å². The average Bonchev–Trinajstić information content (AvgIpc) is 2.02. The van der Waals surface area contributed by atoms with Crippen molar-refractivity contribution < 1.29 is 0 Å². The molecule has 0 aromatic rings. The van der Waals surface area contributed by atoms with Crippen molar-refractivity contribution in [1.29, 1.82) is 0 Å². The van der Waals surface area contributed by atoms with E-state index < -0.39 is 0 Å². The lowest BCUT2D eigenvalue weighted by Crippen LogP contribution is -2.05. The minimum absolute atomic E-state index is 0.873. The summed E-state index contributed by atoms with van der Waals surface area (Å²) in [5, 5.41) is 0. The molecule has 0 aromatic heterocycles. The molecule has 0 aliphatic heterocycles. The molecule has 0 fully saturated rings. The van der Waals surface area contributed by atoms with Gasteiger partial charge in [0.15, 0.2) is 0 Å². The highest BCUT2D eigenvalue weighted by Gasteiger charge is 2.09. The summed E-state index contributed by atoms with van der Waals surface area (Å²) in [6.45, 7) is 13.0. The predicted molar refractivity (Wildman–Crippen MR) is 57.3 cm³/mol. The van der Waals surface area contributed by atoms with Crippen LogP contribution in [0.25, 0.3) is 0 Å². The fourth-order valence-electron chi connectivity index (χ4n) is 1.62. The second-order valence-electron chi connectivity index (χ2n) is 4.18. The quantitative estimate of drug-likeness (QED) is 0.515. The Balaban J connectivity index is 3.74. The van der Waals surface area contributed by atoms with E-state index in [0.717, 1.165) is 11.8 Å². The smallest absolute Gasteiger partial charge is 0.0297 e. The minimum atomic E-state index is 0.873. The van der Waals surface area contributed by atoms with E-state index in [2.05, 4.69) is 34.3 Å². The molecule has 72 valence electrons. The fraction of sp³-hybridized carbons (Fsp3) is 0.833. The number of rotatable bonds is 6. The molecule has 0 bridgehead atoms. The molecule has 12 heavy (non-hydrogen) atoms. The van der Waals surface area contributed by atoms with Gasteiger partial charge in [-0.2, -0.15) is 0 Å². The van der Waals surface area contributed by atoms with E-state index in [0.29, 0.717) is 0 Å². The molecule has 2 unspecified atom stereocenters. The van der Waals surface area contributed by atoms with Gasteiger partial charge in [-0.1, -0.05) is 39.2 Å². The summed E-state index contributed by atoms with van der Waals surface area (Å²) in [4.78, 5) is 0. The maximum absolute atomic E-state index is 3.98. The van der Waals surface area contributed by atoms with E-state index >= 15 is 0 Å². The van der Waals surface area contributed by atoms with Gasteiger partial charge in [0.25, 0.3) is 0 Å². The Morgan fingerprint density at radius 2 is 1.83 bits per heavy atom. The molecule has 0 aliphatic carbocycles. The number of allylic oxidation sites excluding steroid dienone is 1. The van der Waals surface area contributed by atoms with E-state index in [1.807, 2.05) is 0 Å². The van der Waals surface area contributed by atoms with Crippen molar-refractivity contribution in [3.05, 3.63) is 12.2 Å². The van der Waals surface area contributed by atoms with Crippen LogP contribution in [-0.2, 0) is 0 Å². The second kappa shape index (κ2) is 6.28. The van der Waals surface area contributed by atoms with Crippen molar-refractivity contribution in [1.82, 2.24) is 0 Å². The Morgan fingerprint density at radius 1 is 1.25 bits per heavy atom. The van der Waals surface area contributed by atoms with Gasteiger partial charge in [-0.15, -0.1) is 6.58 Å². The third-order valence-corrected chi connectivity index (χ3v) is 2.65. The van der Waals surface area contributed by atoms with Crippen LogP contribution < -0.4 is 0 Å². The molecule has 0 rings (SSSR count). The number of hydrogen-bond donors (Lipinski definition) is 0. The van der Waals surface area contributed by atoms with Crippen molar-refractivity contribution in [3.8, 4) is 0 Å². The van der Waals surface area contributed by atoms with Crippen LogP contribution in [0.5, 0.6) is 0 Å². The van der Waals surface area contributed by atoms with Gasteiger partial charge in [0.2, 0.25) is 0 Å². The Morgan fingerprint density at radius 3 is 2.17 bits per heavy atom. The molecular weight excluding hydrogens is 144 g/mol. The molecule has 0 spiro atoms. The van der Waals surface area contributed by atoms with Crippen LogP contribution in [0.15, 0.2) is 12.2 Å². The fourth-order valence-corrected chi connectivity index (χ4v) is 1.62. The van der Waals surface area contributed by atoms with Gasteiger partial charge in [-0.3, -0.25) is 0 Å². The van der Waals surface area contributed by atoms with Gasteiger partial charge in [0.05, 0.1) is 0 Å². The minimum Gasteiger partial charge on any atom is -0.100 e. The standard InChI is InChI=1S/C12H24/c1-6-11(5)9-12(7-2)8-10(3)4/h11-12H,3,6-9H2,1-2,4-5H3. The summed E-state index contributed by atoms with van der Waals surface area (Å²) in [6, 6.07) is 0. The molecule has 0 heteroatoms. The molecule has 0 amide bonds. The first kappa shape index (κ1) is 11.7. The highest BCUT2D eigenvalue weighted by atomic mass is 14.2. The van der Waals surface area contributed by atoms with Crippen LogP contribution in [0.4, 0.5) is 0 Å². The molecule has 0 aliphatic rings. The first-order chi connectivity index (χ1) is 5.60. The van der Waals surface area contributed by atoms with Gasteiger partial charge in [-0.05, 0) is 31.6 Å². The van der Waals surface area contributed by atoms with Crippen molar-refractivity contribution in [2.24, 2.45) is 11.8 Å². The molecule has 0 nitrogen and oxygen atoms in total. The van der Waals surface area contributed by atoms with Crippen LogP contribution in [0.2, 0.25) is 0 Å². The van der Waals surface area contributed by atoms with Crippen molar-refractivity contribution in [2.75, 3.05) is 0 Å². The summed E-state index contributed by atoms with van der Waals surface area (Å²) in [7, 11) is 0. The normalized spacial score (nSPS) is 15.7. The van der Waals surface area contributed by atoms with E-state index in [1.165, 1.54) is 31.3 Å². The van der Waals surface area contributed by atoms with Gasteiger partial charge < -0.3 is 0 Å². The zero-order valence-corrected chi connectivity index (χ0v) is 9.19.